The molecule has 0 aliphatic heterocycles. The zero-order chi connectivity index (χ0) is 14.8. The first-order valence-electron chi connectivity index (χ1n) is 6.45. The summed E-state index contributed by atoms with van der Waals surface area (Å²) >= 11 is 2.87. The summed E-state index contributed by atoms with van der Waals surface area (Å²) in [5, 5.41) is 19.0. The van der Waals surface area contributed by atoms with Gasteiger partial charge < -0.3 is 9.67 Å². The van der Waals surface area contributed by atoms with Gasteiger partial charge >= 0.3 is 5.97 Å². The summed E-state index contributed by atoms with van der Waals surface area (Å²) in [4.78, 5) is 11.7. The second kappa shape index (κ2) is 5.87. The van der Waals surface area contributed by atoms with Crippen LogP contribution in [-0.2, 0) is 11.3 Å². The number of aliphatic carboxylic acids is 1. The van der Waals surface area contributed by atoms with Gasteiger partial charge in [0.25, 0.3) is 0 Å². The first kappa shape index (κ1) is 14.1. The molecule has 0 aliphatic rings. The molecule has 0 aliphatic carbocycles. The molecule has 1 N–H and O–H groups in total. The van der Waals surface area contributed by atoms with Crippen molar-refractivity contribution in [3.8, 4) is 10.7 Å². The van der Waals surface area contributed by atoms with Crippen LogP contribution in [0.25, 0.3) is 20.8 Å². The largest absolute Gasteiger partial charge is 0.481 e. The zero-order valence-electron chi connectivity index (χ0n) is 11.3. The summed E-state index contributed by atoms with van der Waals surface area (Å²) in [6.07, 6.45) is 0. The van der Waals surface area contributed by atoms with E-state index in [1.165, 1.54) is 21.8 Å². The molecule has 108 valence electrons. The van der Waals surface area contributed by atoms with E-state index in [1.54, 1.807) is 11.3 Å². The van der Waals surface area contributed by atoms with Crippen LogP contribution in [-0.4, -0.2) is 31.6 Å². The van der Waals surface area contributed by atoms with E-state index in [4.69, 9.17) is 5.11 Å². The van der Waals surface area contributed by atoms with Crippen LogP contribution in [0.4, 0.5) is 0 Å². The third kappa shape index (κ3) is 2.79. The lowest BCUT2D eigenvalue weighted by atomic mass is 10.2. The van der Waals surface area contributed by atoms with Crippen molar-refractivity contribution >= 4 is 39.2 Å². The van der Waals surface area contributed by atoms with Crippen molar-refractivity contribution in [2.24, 2.45) is 0 Å². The van der Waals surface area contributed by atoms with Crippen LogP contribution in [0.3, 0.4) is 0 Å². The summed E-state index contributed by atoms with van der Waals surface area (Å²) in [6, 6.07) is 10.3. The van der Waals surface area contributed by atoms with Gasteiger partial charge in [-0.2, -0.15) is 0 Å². The molecule has 0 atom stereocenters. The number of thioether (sulfide) groups is 1. The fourth-order valence-electron chi connectivity index (χ4n) is 2.08. The van der Waals surface area contributed by atoms with Crippen LogP contribution in [0, 0.1) is 0 Å². The normalized spacial score (nSPS) is 11.1. The van der Waals surface area contributed by atoms with Gasteiger partial charge in [-0.3, -0.25) is 4.79 Å². The summed E-state index contributed by atoms with van der Waals surface area (Å²) < 4.78 is 3.16. The average Bonchev–Trinajstić information content (AvgIpc) is 3.07. The Morgan fingerprint density at radius 2 is 2.19 bits per heavy atom. The van der Waals surface area contributed by atoms with E-state index in [-0.39, 0.29) is 5.75 Å². The third-order valence-electron chi connectivity index (χ3n) is 3.00. The predicted octanol–water partition coefficient (Wildman–Crippen LogP) is 3.36. The van der Waals surface area contributed by atoms with E-state index in [0.29, 0.717) is 11.7 Å². The van der Waals surface area contributed by atoms with Crippen LogP contribution in [0.1, 0.15) is 6.92 Å². The van der Waals surface area contributed by atoms with E-state index in [0.717, 1.165) is 10.7 Å². The topological polar surface area (TPSA) is 68.0 Å². The van der Waals surface area contributed by atoms with E-state index in [2.05, 4.69) is 28.4 Å². The number of aromatic nitrogens is 3. The maximum atomic E-state index is 10.7. The van der Waals surface area contributed by atoms with Gasteiger partial charge in [0.15, 0.2) is 11.0 Å². The molecule has 0 spiro atoms. The quantitative estimate of drug-likeness (QED) is 0.730. The SMILES string of the molecule is CCn1c(SCC(=O)O)nnc1-c1cc2ccccc2s1. The van der Waals surface area contributed by atoms with Crippen molar-refractivity contribution in [1.82, 2.24) is 14.8 Å². The van der Waals surface area contributed by atoms with Gasteiger partial charge in [0, 0.05) is 11.2 Å². The Hall–Kier alpha value is -1.86. The van der Waals surface area contributed by atoms with Crippen LogP contribution in [0.15, 0.2) is 35.5 Å². The Balaban J connectivity index is 1.99. The Bertz CT molecular complexity index is 761. The minimum atomic E-state index is -0.853. The summed E-state index contributed by atoms with van der Waals surface area (Å²) in [6.45, 7) is 2.71. The van der Waals surface area contributed by atoms with E-state index >= 15 is 0 Å². The standard InChI is InChI=1S/C14H13N3O2S2/c1-2-17-13(15-16-14(17)20-8-12(18)19)11-7-9-5-3-4-6-10(9)21-11/h3-7H,2,8H2,1H3,(H,18,19). The highest BCUT2D eigenvalue weighted by molar-refractivity contribution is 7.99. The van der Waals surface area contributed by atoms with E-state index in [9.17, 15) is 4.79 Å². The molecule has 0 unspecified atom stereocenters. The van der Waals surface area contributed by atoms with Crippen molar-refractivity contribution < 1.29 is 9.90 Å². The van der Waals surface area contributed by atoms with Crippen molar-refractivity contribution in [1.29, 1.82) is 0 Å². The van der Waals surface area contributed by atoms with Gasteiger partial charge in [0.2, 0.25) is 0 Å². The fraction of sp³-hybridized carbons (Fsp3) is 0.214. The van der Waals surface area contributed by atoms with Gasteiger partial charge in [-0.15, -0.1) is 21.5 Å². The molecule has 0 bridgehead atoms. The van der Waals surface area contributed by atoms with Gasteiger partial charge in [-0.1, -0.05) is 30.0 Å². The van der Waals surface area contributed by atoms with Crippen molar-refractivity contribution in [2.45, 2.75) is 18.6 Å². The molecule has 0 saturated heterocycles. The number of benzene rings is 1. The molecule has 2 heterocycles. The predicted molar refractivity (Wildman–Crippen MR) is 84.9 cm³/mol. The zero-order valence-corrected chi connectivity index (χ0v) is 12.9. The number of nitrogens with zero attached hydrogens (tertiary/aromatic N) is 3. The number of hydrogen-bond donors (Lipinski definition) is 1. The molecule has 5 nitrogen and oxygen atoms in total. The number of thiophene rings is 1. The highest BCUT2D eigenvalue weighted by Crippen LogP contribution is 2.33. The molecule has 7 heteroatoms. The molecule has 21 heavy (non-hydrogen) atoms. The fourth-order valence-corrected chi connectivity index (χ4v) is 3.86. The minimum absolute atomic E-state index is 0.00938. The third-order valence-corrected chi connectivity index (χ3v) is 5.07. The second-order valence-corrected chi connectivity index (χ2v) is 6.41. The first-order valence-corrected chi connectivity index (χ1v) is 8.26. The molecular formula is C14H13N3O2S2. The Kier molecular flexibility index (Phi) is 3.94. The molecule has 0 fully saturated rings. The number of carboxylic acid groups (broad SMARTS) is 1. The molecule has 3 aromatic rings. The number of hydrogen-bond acceptors (Lipinski definition) is 5. The number of rotatable bonds is 5. The van der Waals surface area contributed by atoms with Gasteiger partial charge in [-0.25, -0.2) is 0 Å². The number of fused-ring (bicyclic) bond motifs is 1. The summed E-state index contributed by atoms with van der Waals surface area (Å²) in [7, 11) is 0. The number of carboxylic acids is 1. The smallest absolute Gasteiger partial charge is 0.313 e. The second-order valence-electron chi connectivity index (χ2n) is 4.38. The Morgan fingerprint density at radius 3 is 2.90 bits per heavy atom. The van der Waals surface area contributed by atoms with Crippen molar-refractivity contribution in [3.63, 3.8) is 0 Å². The molecule has 0 radical (unpaired) electrons. The maximum absolute atomic E-state index is 10.7. The van der Waals surface area contributed by atoms with Crippen LogP contribution < -0.4 is 0 Å². The highest BCUT2D eigenvalue weighted by atomic mass is 32.2. The molecule has 1 aromatic carbocycles. The minimum Gasteiger partial charge on any atom is -0.481 e. The van der Waals surface area contributed by atoms with Crippen LogP contribution in [0.5, 0.6) is 0 Å². The van der Waals surface area contributed by atoms with Gasteiger partial charge in [0.05, 0.1) is 10.6 Å². The lowest BCUT2D eigenvalue weighted by molar-refractivity contribution is -0.133. The molecule has 3 rings (SSSR count). The molecule has 2 aromatic heterocycles. The Labute approximate surface area is 129 Å². The van der Waals surface area contributed by atoms with Gasteiger partial charge in [-0.05, 0) is 24.4 Å². The van der Waals surface area contributed by atoms with Crippen molar-refractivity contribution in [2.75, 3.05) is 5.75 Å². The van der Waals surface area contributed by atoms with Crippen LogP contribution in [0.2, 0.25) is 0 Å². The molecule has 0 saturated carbocycles. The Morgan fingerprint density at radius 1 is 1.38 bits per heavy atom. The number of carbonyl (C=O) groups is 1. The molecular weight excluding hydrogens is 306 g/mol. The summed E-state index contributed by atoms with van der Waals surface area (Å²) in [5.41, 5.74) is 0. The van der Waals surface area contributed by atoms with E-state index in [1.807, 2.05) is 23.6 Å². The van der Waals surface area contributed by atoms with E-state index < -0.39 is 5.97 Å². The highest BCUT2D eigenvalue weighted by Gasteiger charge is 2.16. The maximum Gasteiger partial charge on any atom is 0.313 e. The molecule has 0 amide bonds. The van der Waals surface area contributed by atoms with Crippen molar-refractivity contribution in [3.05, 3.63) is 30.3 Å². The lowest BCUT2D eigenvalue weighted by Crippen LogP contribution is -2.02. The van der Waals surface area contributed by atoms with Crippen LogP contribution >= 0.6 is 23.1 Å². The first-order chi connectivity index (χ1) is 10.2. The lowest BCUT2D eigenvalue weighted by Gasteiger charge is -2.04. The van der Waals surface area contributed by atoms with Gasteiger partial charge in [0.1, 0.15) is 0 Å². The average molecular weight is 319 g/mol. The summed E-state index contributed by atoms with van der Waals surface area (Å²) in [5.74, 6) is -0.0643. The monoisotopic (exact) mass is 319 g/mol.